The summed E-state index contributed by atoms with van der Waals surface area (Å²) in [5.41, 5.74) is 0. The highest BCUT2D eigenvalue weighted by atomic mass is 32.2. The first-order chi connectivity index (χ1) is 9.79. The van der Waals surface area contributed by atoms with Gasteiger partial charge in [0.25, 0.3) is 10.2 Å². The number of amides is 1. The third kappa shape index (κ3) is 3.92. The molecule has 1 amide bonds. The van der Waals surface area contributed by atoms with Gasteiger partial charge in [-0.15, -0.1) is 0 Å². The van der Waals surface area contributed by atoms with E-state index in [1.54, 1.807) is 7.05 Å². The summed E-state index contributed by atoms with van der Waals surface area (Å²) in [5.74, 6) is -1.31. The molecular formula is C12H21N3O5S. The first-order valence-electron chi connectivity index (χ1n) is 7.04. The first kappa shape index (κ1) is 16.2. The Labute approximate surface area is 124 Å². The van der Waals surface area contributed by atoms with Crippen LogP contribution in [-0.4, -0.2) is 67.3 Å². The largest absolute Gasteiger partial charge is 0.481 e. The van der Waals surface area contributed by atoms with Gasteiger partial charge in [0.05, 0.1) is 5.92 Å². The van der Waals surface area contributed by atoms with Gasteiger partial charge in [-0.05, 0) is 19.3 Å². The van der Waals surface area contributed by atoms with Gasteiger partial charge >= 0.3 is 5.97 Å². The quantitative estimate of drug-likeness (QED) is 0.708. The van der Waals surface area contributed by atoms with Crippen LogP contribution in [0, 0.1) is 5.92 Å². The standard InChI is InChI=1S/C12H21N3O5S/c1-14-8-10(2-3-11(14)16)13-21(19,20)15-6-4-9(5-7-15)12(17)18/h9-10,13H,2-8H2,1H3,(H,17,18). The van der Waals surface area contributed by atoms with Gasteiger partial charge < -0.3 is 10.0 Å². The van der Waals surface area contributed by atoms with E-state index in [9.17, 15) is 18.0 Å². The van der Waals surface area contributed by atoms with Crippen molar-refractivity contribution < 1.29 is 23.1 Å². The van der Waals surface area contributed by atoms with Crippen molar-refractivity contribution >= 4 is 22.1 Å². The zero-order valence-corrected chi connectivity index (χ0v) is 12.8. The van der Waals surface area contributed by atoms with Crippen molar-refractivity contribution in [2.75, 3.05) is 26.7 Å². The second-order valence-corrected chi connectivity index (χ2v) is 7.35. The molecule has 0 radical (unpaired) electrons. The second-order valence-electron chi connectivity index (χ2n) is 5.64. The van der Waals surface area contributed by atoms with Crippen LogP contribution >= 0.6 is 0 Å². The third-order valence-electron chi connectivity index (χ3n) is 4.09. The van der Waals surface area contributed by atoms with Gasteiger partial charge in [-0.2, -0.15) is 17.4 Å². The number of nitrogens with one attached hydrogen (secondary N) is 1. The van der Waals surface area contributed by atoms with Crippen molar-refractivity contribution in [2.45, 2.75) is 31.7 Å². The Morgan fingerprint density at radius 2 is 1.90 bits per heavy atom. The molecule has 2 heterocycles. The number of hydrogen-bond acceptors (Lipinski definition) is 4. The van der Waals surface area contributed by atoms with E-state index in [0.717, 1.165) is 0 Å². The summed E-state index contributed by atoms with van der Waals surface area (Å²) in [6.07, 6.45) is 1.50. The number of nitrogens with zero attached hydrogens (tertiary/aromatic N) is 2. The molecule has 1 atom stereocenters. The molecule has 2 rings (SSSR count). The normalized spacial score (nSPS) is 26.0. The predicted molar refractivity (Wildman–Crippen MR) is 74.6 cm³/mol. The minimum absolute atomic E-state index is 0.0210. The Morgan fingerprint density at radius 3 is 2.43 bits per heavy atom. The maximum absolute atomic E-state index is 12.3. The van der Waals surface area contributed by atoms with E-state index in [-0.39, 0.29) is 25.0 Å². The molecule has 0 spiro atoms. The molecule has 0 aliphatic carbocycles. The smallest absolute Gasteiger partial charge is 0.306 e. The summed E-state index contributed by atoms with van der Waals surface area (Å²) < 4.78 is 28.5. The van der Waals surface area contributed by atoms with E-state index in [1.165, 1.54) is 9.21 Å². The van der Waals surface area contributed by atoms with Crippen LogP contribution in [0.25, 0.3) is 0 Å². The molecule has 21 heavy (non-hydrogen) atoms. The lowest BCUT2D eigenvalue weighted by atomic mass is 9.99. The predicted octanol–water partition coefficient (Wildman–Crippen LogP) is -0.762. The fourth-order valence-corrected chi connectivity index (χ4v) is 4.19. The van der Waals surface area contributed by atoms with Gasteiger partial charge in [0.1, 0.15) is 0 Å². The van der Waals surface area contributed by atoms with Crippen molar-refractivity contribution in [2.24, 2.45) is 5.92 Å². The highest BCUT2D eigenvalue weighted by Crippen LogP contribution is 2.20. The minimum atomic E-state index is -3.62. The van der Waals surface area contributed by atoms with E-state index in [2.05, 4.69) is 4.72 Å². The van der Waals surface area contributed by atoms with Crippen molar-refractivity contribution in [3.8, 4) is 0 Å². The molecule has 120 valence electrons. The molecule has 0 saturated carbocycles. The summed E-state index contributed by atoms with van der Waals surface area (Å²) in [6, 6.07) is -0.283. The summed E-state index contributed by atoms with van der Waals surface area (Å²) in [6.45, 7) is 0.797. The zero-order valence-electron chi connectivity index (χ0n) is 12.0. The van der Waals surface area contributed by atoms with Gasteiger partial charge in [0.2, 0.25) is 5.91 Å². The van der Waals surface area contributed by atoms with E-state index in [1.807, 2.05) is 0 Å². The zero-order chi connectivity index (χ0) is 15.6. The van der Waals surface area contributed by atoms with Crippen molar-refractivity contribution in [1.82, 2.24) is 13.9 Å². The van der Waals surface area contributed by atoms with Crippen molar-refractivity contribution in [3.63, 3.8) is 0 Å². The summed E-state index contributed by atoms with van der Waals surface area (Å²) >= 11 is 0. The number of rotatable bonds is 4. The number of hydrogen-bond donors (Lipinski definition) is 2. The summed E-state index contributed by atoms with van der Waals surface area (Å²) in [5, 5.41) is 8.92. The van der Waals surface area contributed by atoms with Crippen LogP contribution in [0.1, 0.15) is 25.7 Å². The number of piperidine rings is 2. The van der Waals surface area contributed by atoms with E-state index in [0.29, 0.717) is 32.2 Å². The Morgan fingerprint density at radius 1 is 1.29 bits per heavy atom. The molecule has 0 bridgehead atoms. The van der Waals surface area contributed by atoms with Crippen molar-refractivity contribution in [1.29, 1.82) is 0 Å². The first-order valence-corrected chi connectivity index (χ1v) is 8.48. The average Bonchev–Trinajstić information content (AvgIpc) is 2.43. The lowest BCUT2D eigenvalue weighted by Gasteiger charge is -2.34. The molecule has 0 aromatic heterocycles. The van der Waals surface area contributed by atoms with Gasteiger partial charge in [0.15, 0.2) is 0 Å². The number of carboxylic acid groups (broad SMARTS) is 1. The molecule has 0 aromatic carbocycles. The molecule has 2 aliphatic heterocycles. The lowest BCUT2D eigenvalue weighted by molar-refractivity contribution is -0.143. The number of carbonyl (C=O) groups excluding carboxylic acids is 1. The molecule has 2 aliphatic rings. The second kappa shape index (κ2) is 6.29. The number of likely N-dealkylation sites (N-methyl/N-ethyl adjacent to an activating group) is 1. The molecule has 2 fully saturated rings. The van der Waals surface area contributed by atoms with Crippen LogP contribution < -0.4 is 4.72 Å². The van der Waals surface area contributed by atoms with Crippen LogP contribution in [0.4, 0.5) is 0 Å². The van der Waals surface area contributed by atoms with Gasteiger partial charge in [-0.1, -0.05) is 0 Å². The van der Waals surface area contributed by atoms with Crippen LogP contribution in [0.15, 0.2) is 0 Å². The Bertz CT molecular complexity index is 513. The van der Waals surface area contributed by atoms with E-state index < -0.39 is 22.1 Å². The van der Waals surface area contributed by atoms with Crippen LogP contribution in [0.5, 0.6) is 0 Å². The van der Waals surface area contributed by atoms with Gasteiger partial charge in [-0.3, -0.25) is 9.59 Å². The fourth-order valence-electron chi connectivity index (χ4n) is 2.74. The van der Waals surface area contributed by atoms with Crippen LogP contribution in [0.2, 0.25) is 0 Å². The van der Waals surface area contributed by atoms with E-state index >= 15 is 0 Å². The molecule has 2 saturated heterocycles. The monoisotopic (exact) mass is 319 g/mol. The number of likely N-dealkylation sites (tertiary alicyclic amines) is 1. The molecule has 8 nitrogen and oxygen atoms in total. The molecule has 9 heteroatoms. The maximum atomic E-state index is 12.3. The number of aliphatic carboxylic acids is 1. The topological polar surface area (TPSA) is 107 Å². The molecular weight excluding hydrogens is 298 g/mol. The minimum Gasteiger partial charge on any atom is -0.481 e. The Balaban J connectivity index is 1.91. The fraction of sp³-hybridized carbons (Fsp3) is 0.833. The molecule has 2 N–H and O–H groups in total. The van der Waals surface area contributed by atoms with Gasteiger partial charge in [0, 0.05) is 39.1 Å². The van der Waals surface area contributed by atoms with E-state index in [4.69, 9.17) is 5.11 Å². The van der Waals surface area contributed by atoms with Gasteiger partial charge in [-0.25, -0.2) is 0 Å². The van der Waals surface area contributed by atoms with Crippen molar-refractivity contribution in [3.05, 3.63) is 0 Å². The third-order valence-corrected chi connectivity index (χ3v) is 5.76. The summed E-state index contributed by atoms with van der Waals surface area (Å²) in [7, 11) is -1.97. The Kier molecular flexibility index (Phi) is 4.84. The summed E-state index contributed by atoms with van der Waals surface area (Å²) in [4.78, 5) is 23.8. The number of carbonyl (C=O) groups is 2. The lowest BCUT2D eigenvalue weighted by Crippen LogP contribution is -2.53. The SMILES string of the molecule is CN1CC(NS(=O)(=O)N2CCC(C(=O)O)CC2)CCC1=O. The highest BCUT2D eigenvalue weighted by molar-refractivity contribution is 7.87. The maximum Gasteiger partial charge on any atom is 0.306 e. The average molecular weight is 319 g/mol. The number of carboxylic acids is 1. The molecule has 1 unspecified atom stereocenters. The van der Waals surface area contributed by atoms with Crippen LogP contribution in [0.3, 0.4) is 0 Å². The Hall–Kier alpha value is -1.19. The highest BCUT2D eigenvalue weighted by Gasteiger charge is 2.33. The molecule has 0 aromatic rings. The van der Waals surface area contributed by atoms with Crippen LogP contribution in [-0.2, 0) is 19.8 Å².